The van der Waals surface area contributed by atoms with E-state index in [0.717, 1.165) is 6.07 Å². The topological polar surface area (TPSA) is 273 Å². The van der Waals surface area contributed by atoms with Crippen molar-refractivity contribution in [3.63, 3.8) is 0 Å². The molecule has 0 atom stereocenters. The molecule has 3 aromatic heterocycles. The molecule has 0 fully saturated rings. The molecule has 3 heterocycles. The van der Waals surface area contributed by atoms with Gasteiger partial charge in [0.2, 0.25) is 0 Å². The van der Waals surface area contributed by atoms with Gasteiger partial charge in [0.25, 0.3) is 11.8 Å². The van der Waals surface area contributed by atoms with Crippen LogP contribution in [0.1, 0.15) is 47.3 Å². The summed E-state index contributed by atoms with van der Waals surface area (Å²) in [6.45, 7) is -0.265. The zero-order chi connectivity index (χ0) is 35.9. The molecular weight excluding hydrogens is 661 g/mol. The Hall–Kier alpha value is -7.38. The van der Waals surface area contributed by atoms with Crippen LogP contribution in [0.3, 0.4) is 0 Å². The van der Waals surface area contributed by atoms with Crippen molar-refractivity contribution in [2.75, 3.05) is 24.4 Å². The fraction of sp³-hybridized carbons (Fsp3) is 0.100. The number of ether oxygens (including phenoxy) is 2. The van der Waals surface area contributed by atoms with Crippen LogP contribution < -0.4 is 25.6 Å². The Morgan fingerprint density at radius 2 is 1.58 bits per heavy atom. The number of hydrogen-bond donors (Lipinski definition) is 6. The second-order valence-corrected chi connectivity index (χ2v) is 9.99. The average Bonchev–Trinajstić information content (AvgIpc) is 3.65. The number of carboxylic acids is 2. The van der Waals surface area contributed by atoms with Crippen LogP contribution in [0.2, 0.25) is 0 Å². The van der Waals surface area contributed by atoms with Gasteiger partial charge in [-0.2, -0.15) is 5.53 Å². The molecule has 6 N–H and O–H groups in total. The van der Waals surface area contributed by atoms with Gasteiger partial charge >= 0.3 is 11.9 Å². The summed E-state index contributed by atoms with van der Waals surface area (Å²) in [4.78, 5) is 54.1. The monoisotopic (exact) mass is 685 g/mol. The fourth-order valence-corrected chi connectivity index (χ4v) is 4.47. The maximum Gasteiger partial charge on any atom is 0.337 e. The number of imidazole rings is 1. The number of nitrogens with zero attached hydrogens (tertiary/aromatic N) is 7. The second-order valence-electron chi connectivity index (χ2n) is 9.99. The molecule has 254 valence electrons. The van der Waals surface area contributed by atoms with E-state index in [1.165, 1.54) is 56.0 Å². The molecule has 0 aliphatic rings. The molecule has 19 nitrogen and oxygen atoms in total. The zero-order valence-corrected chi connectivity index (χ0v) is 25.6. The van der Waals surface area contributed by atoms with E-state index >= 15 is 0 Å². The van der Waals surface area contributed by atoms with Crippen LogP contribution in [0.25, 0.3) is 5.82 Å². The Labute approximate surface area is 278 Å². The highest BCUT2D eigenvalue weighted by atomic mass is 19.1. The molecule has 50 heavy (non-hydrogen) atoms. The van der Waals surface area contributed by atoms with E-state index in [9.17, 15) is 33.8 Å². The Kier molecular flexibility index (Phi) is 9.91. The summed E-state index contributed by atoms with van der Waals surface area (Å²) in [5.41, 5.74) is 5.31. The first-order valence-corrected chi connectivity index (χ1v) is 14.1. The van der Waals surface area contributed by atoms with Crippen LogP contribution >= 0.6 is 0 Å². The summed E-state index contributed by atoms with van der Waals surface area (Å²) in [5, 5.41) is 46.4. The third-order valence-corrected chi connectivity index (χ3v) is 6.88. The van der Waals surface area contributed by atoms with E-state index in [-0.39, 0.29) is 52.6 Å². The van der Waals surface area contributed by atoms with Gasteiger partial charge in [0, 0.05) is 30.9 Å². The van der Waals surface area contributed by atoms with Crippen LogP contribution in [0, 0.1) is 16.8 Å². The molecule has 20 heteroatoms. The lowest BCUT2D eigenvalue weighted by Gasteiger charge is -2.16. The van der Waals surface area contributed by atoms with Crippen molar-refractivity contribution >= 4 is 35.1 Å². The number of amides is 2. The minimum absolute atomic E-state index is 0.0458. The van der Waals surface area contributed by atoms with Gasteiger partial charge in [-0.1, -0.05) is 5.22 Å². The molecule has 5 aromatic rings. The van der Waals surface area contributed by atoms with Crippen molar-refractivity contribution in [2.45, 2.75) is 6.42 Å². The molecule has 0 spiro atoms. The number of aromatic nitrogens is 6. The molecule has 0 bridgehead atoms. The predicted octanol–water partition coefficient (Wildman–Crippen LogP) is 2.80. The lowest BCUT2D eigenvalue weighted by molar-refractivity contribution is 0.0686. The summed E-state index contributed by atoms with van der Waals surface area (Å²) >= 11 is 0. The summed E-state index contributed by atoms with van der Waals surface area (Å²) in [6, 6.07) is 9.34. The van der Waals surface area contributed by atoms with Crippen LogP contribution in [-0.2, 0) is 6.42 Å². The highest BCUT2D eigenvalue weighted by Crippen LogP contribution is 2.30. The number of carbonyl (C=O) groups is 4. The largest absolute Gasteiger partial charge is 0.496 e. The SMILES string of the molecule is COc1cc(NC(=O)c2ccc(=N)n(N=N)n2)c(C(=O)O)cc1CCOc1cc(NC(=O)c2ccc(-n3ccnc3)nn2)c(C(=O)O)cc1F. The highest BCUT2D eigenvalue weighted by Gasteiger charge is 2.22. The number of carbonyl (C=O) groups excluding carboxylic acids is 2. The normalized spacial score (nSPS) is 10.6. The van der Waals surface area contributed by atoms with E-state index in [0.29, 0.717) is 22.2 Å². The van der Waals surface area contributed by atoms with Crippen molar-refractivity contribution in [2.24, 2.45) is 5.22 Å². The number of anilines is 2. The summed E-state index contributed by atoms with van der Waals surface area (Å²) in [5.74, 6) is -5.59. The van der Waals surface area contributed by atoms with E-state index < -0.39 is 40.9 Å². The van der Waals surface area contributed by atoms with Gasteiger partial charge in [0.05, 0.1) is 36.2 Å². The third kappa shape index (κ3) is 7.43. The van der Waals surface area contributed by atoms with Crippen LogP contribution in [0.4, 0.5) is 15.8 Å². The Morgan fingerprint density at radius 3 is 2.18 bits per heavy atom. The average molecular weight is 686 g/mol. The van der Waals surface area contributed by atoms with Gasteiger partial charge in [-0.05, 0) is 42.0 Å². The number of aromatic carboxylic acids is 2. The number of nitrogens with one attached hydrogen (secondary N) is 4. The van der Waals surface area contributed by atoms with Crippen molar-refractivity contribution in [1.29, 1.82) is 10.9 Å². The van der Waals surface area contributed by atoms with Crippen molar-refractivity contribution in [3.05, 3.63) is 107 Å². The molecule has 0 radical (unpaired) electrons. The molecule has 0 aliphatic heterocycles. The zero-order valence-electron chi connectivity index (χ0n) is 25.6. The summed E-state index contributed by atoms with van der Waals surface area (Å²) < 4.78 is 27.4. The van der Waals surface area contributed by atoms with Gasteiger partial charge in [-0.15, -0.1) is 20.1 Å². The van der Waals surface area contributed by atoms with Gasteiger partial charge in [-0.3, -0.25) is 19.6 Å². The molecule has 0 saturated heterocycles. The number of halogens is 1. The first kappa shape index (κ1) is 34.0. The van der Waals surface area contributed by atoms with Crippen molar-refractivity contribution < 1.29 is 43.3 Å². The maximum absolute atomic E-state index is 14.9. The van der Waals surface area contributed by atoms with Crippen LogP contribution in [0.15, 0.2) is 72.5 Å². The lowest BCUT2D eigenvalue weighted by atomic mass is 10.0. The third-order valence-electron chi connectivity index (χ3n) is 6.88. The van der Waals surface area contributed by atoms with Gasteiger partial charge in [0.1, 0.15) is 12.1 Å². The van der Waals surface area contributed by atoms with E-state index in [4.69, 9.17) is 20.4 Å². The quantitative estimate of drug-likeness (QED) is 0.0977. The fourth-order valence-electron chi connectivity index (χ4n) is 4.47. The number of hydrogen-bond acceptors (Lipinski definition) is 13. The van der Waals surface area contributed by atoms with E-state index in [1.54, 1.807) is 10.8 Å². The predicted molar refractivity (Wildman–Crippen MR) is 166 cm³/mol. The Morgan fingerprint density at radius 1 is 0.920 bits per heavy atom. The summed E-state index contributed by atoms with van der Waals surface area (Å²) in [7, 11) is 1.30. The first-order valence-electron chi connectivity index (χ1n) is 14.1. The van der Waals surface area contributed by atoms with Gasteiger partial charge in [0.15, 0.2) is 34.3 Å². The molecule has 0 saturated carbocycles. The number of carboxylic acid groups (broad SMARTS) is 2. The minimum atomic E-state index is -1.53. The second kappa shape index (κ2) is 14.6. The Balaban J connectivity index is 1.32. The molecule has 0 unspecified atom stereocenters. The molecule has 5 rings (SSSR count). The van der Waals surface area contributed by atoms with Crippen molar-refractivity contribution in [1.82, 2.24) is 29.6 Å². The smallest absolute Gasteiger partial charge is 0.337 e. The van der Waals surface area contributed by atoms with E-state index in [2.05, 4.69) is 36.1 Å². The van der Waals surface area contributed by atoms with E-state index in [1.807, 2.05) is 0 Å². The minimum Gasteiger partial charge on any atom is -0.496 e. The Bertz CT molecular complexity index is 2190. The first-order chi connectivity index (χ1) is 24.0. The highest BCUT2D eigenvalue weighted by molar-refractivity contribution is 6.08. The summed E-state index contributed by atoms with van der Waals surface area (Å²) in [6.07, 6.45) is 4.58. The molecule has 2 amide bonds. The number of benzene rings is 2. The standard InChI is InChI=1S/C30H24FN11O8/c1-49-23-12-21(36-28(44)20-2-4-25(32)42(39-20)40-33)16(29(45)46)10-15(23)6-9-50-24-13-22(17(30(47)48)11-18(24)31)35-27(43)19-3-5-26(38-37-19)41-8-7-34-14-41/h2-5,7-8,10-14,32-33H,6,9H2,1H3,(H,35,43)(H,36,44)(H,45,46)(H,47,48). The van der Waals surface area contributed by atoms with Crippen LogP contribution in [0.5, 0.6) is 11.5 Å². The molecule has 2 aromatic carbocycles. The molecule has 0 aliphatic carbocycles. The lowest BCUT2D eigenvalue weighted by Crippen LogP contribution is -2.24. The van der Waals surface area contributed by atoms with Gasteiger partial charge < -0.3 is 30.3 Å². The number of methoxy groups -OCH3 is 1. The maximum atomic E-state index is 14.9. The van der Waals surface area contributed by atoms with Gasteiger partial charge in [-0.25, -0.2) is 19.0 Å². The molecular formula is C30H24FN11O8. The van der Waals surface area contributed by atoms with Crippen molar-refractivity contribution in [3.8, 4) is 17.3 Å². The number of rotatable bonds is 13. The van der Waals surface area contributed by atoms with Crippen LogP contribution in [-0.4, -0.2) is 77.3 Å².